The van der Waals surface area contributed by atoms with Crippen LogP contribution in [0.25, 0.3) is 11.4 Å². The predicted molar refractivity (Wildman–Crippen MR) is 82.4 cm³/mol. The van der Waals surface area contributed by atoms with E-state index in [-0.39, 0.29) is 5.56 Å². The highest BCUT2D eigenvalue weighted by atomic mass is 35.5. The van der Waals surface area contributed by atoms with Gasteiger partial charge in [0.15, 0.2) is 11.5 Å². The summed E-state index contributed by atoms with van der Waals surface area (Å²) in [6.07, 6.45) is 1.65. The van der Waals surface area contributed by atoms with Crippen molar-refractivity contribution >= 4 is 11.6 Å². The number of aromatic amines is 1. The van der Waals surface area contributed by atoms with Crippen LogP contribution in [0.3, 0.4) is 0 Å². The maximum atomic E-state index is 11.8. The van der Waals surface area contributed by atoms with Crippen LogP contribution in [0.4, 0.5) is 0 Å². The van der Waals surface area contributed by atoms with Crippen LogP contribution in [0.1, 0.15) is 19.0 Å². The Hall–Kier alpha value is -2.01. The molecule has 5 nitrogen and oxygen atoms in total. The summed E-state index contributed by atoms with van der Waals surface area (Å²) in [6, 6.07) is 4.98. The van der Waals surface area contributed by atoms with Gasteiger partial charge in [-0.05, 0) is 18.6 Å². The minimum Gasteiger partial charge on any atom is -0.493 e. The Bertz CT molecular complexity index is 698. The molecule has 1 aromatic heterocycles. The normalized spacial score (nSPS) is 10.5. The van der Waals surface area contributed by atoms with Crippen molar-refractivity contribution in [3.05, 3.63) is 39.3 Å². The molecule has 0 aliphatic heterocycles. The summed E-state index contributed by atoms with van der Waals surface area (Å²) in [5.41, 5.74) is 1.14. The number of nitrogens with zero attached hydrogens (tertiary/aromatic N) is 1. The summed E-state index contributed by atoms with van der Waals surface area (Å²) in [4.78, 5) is 18.9. The number of ether oxygens (including phenoxy) is 2. The molecule has 1 aromatic carbocycles. The van der Waals surface area contributed by atoms with E-state index in [2.05, 4.69) is 9.97 Å². The first kappa shape index (κ1) is 15.4. The summed E-state index contributed by atoms with van der Waals surface area (Å²) in [6.45, 7) is 2.03. The summed E-state index contributed by atoms with van der Waals surface area (Å²) in [5.74, 6) is 1.37. The number of H-pyrrole nitrogens is 1. The number of halogens is 1. The van der Waals surface area contributed by atoms with Crippen LogP contribution in [-0.2, 0) is 6.42 Å². The highest BCUT2D eigenvalue weighted by molar-refractivity contribution is 6.35. The lowest BCUT2D eigenvalue weighted by molar-refractivity contribution is 0.355. The van der Waals surface area contributed by atoms with Crippen LogP contribution >= 0.6 is 11.6 Å². The van der Waals surface area contributed by atoms with E-state index in [1.54, 1.807) is 12.1 Å². The highest BCUT2D eigenvalue weighted by Crippen LogP contribution is 2.40. The lowest BCUT2D eigenvalue weighted by Gasteiger charge is -2.12. The predicted octanol–water partition coefficient (Wildman–Crippen LogP) is 3.06. The molecule has 0 saturated carbocycles. The zero-order chi connectivity index (χ0) is 15.4. The van der Waals surface area contributed by atoms with Crippen molar-refractivity contribution in [2.75, 3.05) is 14.2 Å². The smallest absolute Gasteiger partial charge is 0.251 e. The van der Waals surface area contributed by atoms with Gasteiger partial charge in [0.1, 0.15) is 5.82 Å². The van der Waals surface area contributed by atoms with Crippen molar-refractivity contribution in [1.82, 2.24) is 9.97 Å². The molecule has 0 atom stereocenters. The van der Waals surface area contributed by atoms with Gasteiger partial charge in [0.05, 0.1) is 19.2 Å². The Kier molecular flexibility index (Phi) is 4.85. The first-order chi connectivity index (χ1) is 10.1. The molecule has 0 aliphatic carbocycles. The van der Waals surface area contributed by atoms with Crippen molar-refractivity contribution in [2.24, 2.45) is 0 Å². The van der Waals surface area contributed by atoms with Crippen molar-refractivity contribution in [1.29, 1.82) is 0 Å². The van der Waals surface area contributed by atoms with E-state index < -0.39 is 0 Å². The van der Waals surface area contributed by atoms with Gasteiger partial charge in [0.25, 0.3) is 5.56 Å². The van der Waals surface area contributed by atoms with E-state index in [4.69, 9.17) is 21.1 Å². The van der Waals surface area contributed by atoms with Gasteiger partial charge in [0.2, 0.25) is 0 Å². The number of rotatable bonds is 5. The highest BCUT2D eigenvalue weighted by Gasteiger charge is 2.16. The summed E-state index contributed by atoms with van der Waals surface area (Å²) < 4.78 is 10.5. The second-order valence-electron chi connectivity index (χ2n) is 4.50. The van der Waals surface area contributed by atoms with Crippen LogP contribution in [0.2, 0.25) is 5.02 Å². The molecule has 0 bridgehead atoms. The molecule has 0 spiro atoms. The molecule has 0 amide bonds. The van der Waals surface area contributed by atoms with Crippen LogP contribution in [-0.4, -0.2) is 24.2 Å². The number of aromatic nitrogens is 2. The number of hydrogen-bond donors (Lipinski definition) is 1. The first-order valence-corrected chi connectivity index (χ1v) is 6.99. The van der Waals surface area contributed by atoms with Crippen LogP contribution in [0, 0.1) is 0 Å². The molecule has 0 radical (unpaired) electrons. The van der Waals surface area contributed by atoms with Gasteiger partial charge in [-0.25, -0.2) is 4.98 Å². The molecule has 2 aromatic rings. The molecule has 112 valence electrons. The van der Waals surface area contributed by atoms with Gasteiger partial charge in [-0.3, -0.25) is 4.79 Å². The lowest BCUT2D eigenvalue weighted by atomic mass is 10.1. The summed E-state index contributed by atoms with van der Waals surface area (Å²) in [7, 11) is 3.05. The van der Waals surface area contributed by atoms with E-state index in [1.807, 2.05) is 6.92 Å². The second kappa shape index (κ2) is 6.63. The number of benzene rings is 1. The van der Waals surface area contributed by atoms with Gasteiger partial charge < -0.3 is 14.5 Å². The number of aryl methyl sites for hydroxylation is 1. The number of nitrogens with one attached hydrogen (secondary N) is 1. The number of methoxy groups -OCH3 is 2. The maximum Gasteiger partial charge on any atom is 0.251 e. The second-order valence-corrected chi connectivity index (χ2v) is 4.88. The molecule has 0 fully saturated rings. The zero-order valence-corrected chi connectivity index (χ0v) is 13.0. The molecule has 0 saturated heterocycles. The third kappa shape index (κ3) is 3.19. The van der Waals surface area contributed by atoms with E-state index in [0.717, 1.165) is 18.5 Å². The SMILES string of the molecule is CCCc1cc(=O)[nH]c(-c2ccc(OC)c(OC)c2Cl)n1. The molecule has 21 heavy (non-hydrogen) atoms. The lowest BCUT2D eigenvalue weighted by Crippen LogP contribution is -2.10. The van der Waals surface area contributed by atoms with E-state index >= 15 is 0 Å². The third-order valence-electron chi connectivity index (χ3n) is 3.04. The van der Waals surface area contributed by atoms with Gasteiger partial charge in [-0.2, -0.15) is 0 Å². The van der Waals surface area contributed by atoms with Gasteiger partial charge in [-0.1, -0.05) is 24.9 Å². The third-order valence-corrected chi connectivity index (χ3v) is 3.42. The van der Waals surface area contributed by atoms with Crippen LogP contribution in [0.15, 0.2) is 23.0 Å². The monoisotopic (exact) mass is 308 g/mol. The summed E-state index contributed by atoms with van der Waals surface area (Å²) in [5, 5.41) is 0.355. The van der Waals surface area contributed by atoms with E-state index in [1.165, 1.54) is 20.3 Å². The molecule has 1 N–H and O–H groups in total. The largest absolute Gasteiger partial charge is 0.493 e. The molecule has 6 heteroatoms. The Morgan fingerprint density at radius 3 is 2.67 bits per heavy atom. The minimum absolute atomic E-state index is 0.200. The van der Waals surface area contributed by atoms with Gasteiger partial charge in [0, 0.05) is 17.3 Å². The topological polar surface area (TPSA) is 64.2 Å². The first-order valence-electron chi connectivity index (χ1n) is 6.61. The van der Waals surface area contributed by atoms with Gasteiger partial charge in [-0.15, -0.1) is 0 Å². The molecule has 1 heterocycles. The van der Waals surface area contributed by atoms with E-state index in [9.17, 15) is 4.79 Å². The Morgan fingerprint density at radius 1 is 1.29 bits per heavy atom. The molecule has 0 unspecified atom stereocenters. The molecular formula is C15H17ClN2O3. The van der Waals surface area contributed by atoms with Crippen molar-refractivity contribution < 1.29 is 9.47 Å². The van der Waals surface area contributed by atoms with Crippen LogP contribution < -0.4 is 15.0 Å². The Labute approximate surface area is 127 Å². The maximum absolute atomic E-state index is 11.8. The average molecular weight is 309 g/mol. The standard InChI is InChI=1S/C15H17ClN2O3/c1-4-5-9-8-12(19)18-15(17-9)10-6-7-11(20-2)14(21-3)13(10)16/h6-8H,4-5H2,1-3H3,(H,17,18,19). The molecular weight excluding hydrogens is 292 g/mol. The summed E-state index contributed by atoms with van der Waals surface area (Å²) >= 11 is 6.34. The van der Waals surface area contributed by atoms with E-state index in [0.29, 0.717) is 27.9 Å². The average Bonchev–Trinajstić information content (AvgIpc) is 2.46. The fourth-order valence-corrected chi connectivity index (χ4v) is 2.41. The van der Waals surface area contributed by atoms with Crippen molar-refractivity contribution in [3.8, 4) is 22.9 Å². The molecule has 0 aliphatic rings. The van der Waals surface area contributed by atoms with Crippen molar-refractivity contribution in [2.45, 2.75) is 19.8 Å². The fourth-order valence-electron chi connectivity index (χ4n) is 2.09. The zero-order valence-electron chi connectivity index (χ0n) is 12.2. The molecule has 2 rings (SSSR count). The van der Waals surface area contributed by atoms with Crippen LogP contribution in [0.5, 0.6) is 11.5 Å². The van der Waals surface area contributed by atoms with Crippen molar-refractivity contribution in [3.63, 3.8) is 0 Å². The Balaban J connectivity index is 2.59. The minimum atomic E-state index is -0.200. The Morgan fingerprint density at radius 2 is 2.05 bits per heavy atom. The van der Waals surface area contributed by atoms with Gasteiger partial charge >= 0.3 is 0 Å². The number of hydrogen-bond acceptors (Lipinski definition) is 4. The quantitative estimate of drug-likeness (QED) is 0.922. The fraction of sp³-hybridized carbons (Fsp3) is 0.333.